The summed E-state index contributed by atoms with van der Waals surface area (Å²) in [6.07, 6.45) is 1.52. The Bertz CT molecular complexity index is 1010. The van der Waals surface area contributed by atoms with Gasteiger partial charge >= 0.3 is 0 Å². The van der Waals surface area contributed by atoms with Crippen LogP contribution < -0.4 is 22.5 Å². The molecule has 7 N–H and O–H groups in total. The Morgan fingerprint density at radius 1 is 0.917 bits per heavy atom. The van der Waals surface area contributed by atoms with Gasteiger partial charge in [-0.05, 0) is 42.5 Å². The fraction of sp³-hybridized carbons (Fsp3) is 0.407. The van der Waals surface area contributed by atoms with Gasteiger partial charge in [-0.1, -0.05) is 42.5 Å². The van der Waals surface area contributed by atoms with Gasteiger partial charge in [0.05, 0.1) is 30.1 Å². The molecule has 9 heteroatoms. The summed E-state index contributed by atoms with van der Waals surface area (Å²) in [7, 11) is 0. The molecular formula is C27H36N6O3. The summed E-state index contributed by atoms with van der Waals surface area (Å²) in [6, 6.07) is 17.0. The van der Waals surface area contributed by atoms with Crippen molar-refractivity contribution in [2.45, 2.75) is 44.2 Å². The normalized spacial score (nSPS) is 12.3. The molecule has 0 heterocycles. The molecule has 0 aliphatic carbocycles. The van der Waals surface area contributed by atoms with Crippen molar-refractivity contribution in [2.75, 3.05) is 26.2 Å². The van der Waals surface area contributed by atoms with Gasteiger partial charge in [-0.2, -0.15) is 5.26 Å². The molecule has 0 bridgehead atoms. The number of ketones is 1. The molecule has 0 aromatic heterocycles. The van der Waals surface area contributed by atoms with Crippen LogP contribution in [0.1, 0.15) is 36.0 Å². The van der Waals surface area contributed by atoms with Crippen LogP contribution in [0.2, 0.25) is 0 Å². The zero-order chi connectivity index (χ0) is 26.3. The number of nitriles is 1. The van der Waals surface area contributed by atoms with E-state index in [-0.39, 0.29) is 37.6 Å². The second-order valence-corrected chi connectivity index (χ2v) is 8.63. The Hall–Kier alpha value is -3.58. The Balaban J connectivity index is 2.03. The molecule has 2 aromatic carbocycles. The topological polar surface area (TPSA) is 168 Å². The van der Waals surface area contributed by atoms with Crippen molar-refractivity contribution in [3.05, 3.63) is 71.3 Å². The molecule has 192 valence electrons. The lowest BCUT2D eigenvalue weighted by Crippen LogP contribution is -2.51. The van der Waals surface area contributed by atoms with E-state index in [4.69, 9.17) is 22.5 Å². The smallest absolute Gasteiger partial charge is 0.238 e. The van der Waals surface area contributed by atoms with Crippen LogP contribution in [0.3, 0.4) is 0 Å². The van der Waals surface area contributed by atoms with Gasteiger partial charge < -0.3 is 27.4 Å². The molecular weight excluding hydrogens is 456 g/mol. The third-order valence-corrected chi connectivity index (χ3v) is 5.89. The van der Waals surface area contributed by atoms with E-state index in [1.165, 1.54) is 4.90 Å². The average Bonchev–Trinajstić information content (AvgIpc) is 2.90. The summed E-state index contributed by atoms with van der Waals surface area (Å²) in [5.41, 5.74) is 19.7. The monoisotopic (exact) mass is 492 g/mol. The third kappa shape index (κ3) is 9.58. The van der Waals surface area contributed by atoms with E-state index >= 15 is 0 Å². The molecule has 0 spiro atoms. The van der Waals surface area contributed by atoms with Gasteiger partial charge in [-0.15, -0.1) is 0 Å². The number of benzene rings is 2. The lowest BCUT2D eigenvalue weighted by atomic mass is 9.97. The van der Waals surface area contributed by atoms with Crippen LogP contribution in [-0.2, 0) is 27.2 Å². The molecule has 9 nitrogen and oxygen atoms in total. The average molecular weight is 493 g/mol. The van der Waals surface area contributed by atoms with E-state index < -0.39 is 18.0 Å². The summed E-state index contributed by atoms with van der Waals surface area (Å²) in [6.45, 7) is 1.22. The van der Waals surface area contributed by atoms with Crippen LogP contribution >= 0.6 is 0 Å². The van der Waals surface area contributed by atoms with E-state index in [0.717, 1.165) is 11.1 Å². The lowest BCUT2D eigenvalue weighted by molar-refractivity contribution is -0.135. The number of carbonyl (C=O) groups excluding carboxylic acids is 3. The summed E-state index contributed by atoms with van der Waals surface area (Å²) >= 11 is 0. The number of nitrogens with one attached hydrogen (secondary N) is 1. The van der Waals surface area contributed by atoms with Gasteiger partial charge in [0, 0.05) is 32.6 Å². The lowest BCUT2D eigenvalue weighted by Gasteiger charge is -2.24. The van der Waals surface area contributed by atoms with Crippen molar-refractivity contribution in [1.82, 2.24) is 10.2 Å². The van der Waals surface area contributed by atoms with Crippen LogP contribution in [0.5, 0.6) is 0 Å². The first-order valence-electron chi connectivity index (χ1n) is 12.2. The SMILES string of the molecule is N#Cc1ccc(CCC(=O)[C@H](CCc2ccccc2)NC(=O)[C@@H](N)CC(=O)N(CCN)CCN)cc1. The summed E-state index contributed by atoms with van der Waals surface area (Å²) < 4.78 is 0. The fourth-order valence-electron chi connectivity index (χ4n) is 3.82. The number of Topliss-reactive ketones (excluding diaryl/α,β-unsaturated/α-hetero) is 1. The molecule has 0 unspecified atom stereocenters. The highest BCUT2D eigenvalue weighted by atomic mass is 16.2. The fourth-order valence-corrected chi connectivity index (χ4v) is 3.82. The number of nitrogens with two attached hydrogens (primary N) is 3. The van der Waals surface area contributed by atoms with Crippen molar-refractivity contribution >= 4 is 17.6 Å². The van der Waals surface area contributed by atoms with Crippen LogP contribution in [0.15, 0.2) is 54.6 Å². The van der Waals surface area contributed by atoms with Gasteiger partial charge in [0.15, 0.2) is 5.78 Å². The highest BCUT2D eigenvalue weighted by Gasteiger charge is 2.26. The first-order chi connectivity index (χ1) is 17.4. The molecule has 0 radical (unpaired) electrons. The minimum absolute atomic E-state index is 0.116. The van der Waals surface area contributed by atoms with Crippen molar-refractivity contribution in [1.29, 1.82) is 5.26 Å². The quantitative estimate of drug-likeness (QED) is 0.283. The first-order valence-corrected chi connectivity index (χ1v) is 12.2. The van der Waals surface area contributed by atoms with Crippen molar-refractivity contribution in [3.8, 4) is 6.07 Å². The molecule has 2 amide bonds. The van der Waals surface area contributed by atoms with Gasteiger partial charge in [0.25, 0.3) is 0 Å². The maximum Gasteiger partial charge on any atom is 0.238 e. The Morgan fingerprint density at radius 2 is 1.53 bits per heavy atom. The molecule has 36 heavy (non-hydrogen) atoms. The predicted octanol–water partition coefficient (Wildman–Crippen LogP) is 0.641. The zero-order valence-corrected chi connectivity index (χ0v) is 20.6. The van der Waals surface area contributed by atoms with E-state index in [1.807, 2.05) is 42.5 Å². The number of carbonyl (C=O) groups is 3. The standard InChI is InChI=1S/C27H36N6O3/c28-14-16-33(17-15-29)26(35)18-23(31)27(36)32-24(12-10-20-4-2-1-3-5-20)25(34)13-11-21-6-8-22(19-30)9-7-21/h1-9,23-24H,10-18,28-29,31H2,(H,32,36)/t23-,24-/m0/s1. The number of hydrogen-bond acceptors (Lipinski definition) is 7. The predicted molar refractivity (Wildman–Crippen MR) is 138 cm³/mol. The molecule has 2 aromatic rings. The number of nitrogens with zero attached hydrogens (tertiary/aromatic N) is 2. The van der Waals surface area contributed by atoms with E-state index in [0.29, 0.717) is 37.9 Å². The number of aryl methyl sites for hydroxylation is 2. The number of hydrogen-bond donors (Lipinski definition) is 4. The highest BCUT2D eigenvalue weighted by Crippen LogP contribution is 2.11. The van der Waals surface area contributed by atoms with Crippen LogP contribution in [0.4, 0.5) is 0 Å². The van der Waals surface area contributed by atoms with Gasteiger partial charge in [-0.25, -0.2) is 0 Å². The largest absolute Gasteiger partial charge is 0.345 e. The van der Waals surface area contributed by atoms with Crippen LogP contribution in [0.25, 0.3) is 0 Å². The van der Waals surface area contributed by atoms with E-state index in [1.54, 1.807) is 12.1 Å². The second kappa shape index (κ2) is 15.4. The van der Waals surface area contributed by atoms with Gasteiger partial charge in [-0.3, -0.25) is 14.4 Å². The molecule has 0 saturated heterocycles. The van der Waals surface area contributed by atoms with Crippen LogP contribution in [0, 0.1) is 11.3 Å². The van der Waals surface area contributed by atoms with Crippen molar-refractivity contribution in [3.63, 3.8) is 0 Å². The van der Waals surface area contributed by atoms with Gasteiger partial charge in [0.2, 0.25) is 11.8 Å². The minimum atomic E-state index is -1.10. The first kappa shape index (κ1) is 28.7. The zero-order valence-electron chi connectivity index (χ0n) is 20.6. The van der Waals surface area contributed by atoms with Crippen molar-refractivity contribution in [2.24, 2.45) is 17.2 Å². The van der Waals surface area contributed by atoms with E-state index in [2.05, 4.69) is 11.4 Å². The third-order valence-electron chi connectivity index (χ3n) is 5.89. The van der Waals surface area contributed by atoms with Gasteiger partial charge in [0.1, 0.15) is 0 Å². The minimum Gasteiger partial charge on any atom is -0.345 e. The molecule has 0 fully saturated rings. The Labute approximate surface area is 212 Å². The Morgan fingerprint density at radius 3 is 2.11 bits per heavy atom. The highest BCUT2D eigenvalue weighted by molar-refractivity contribution is 5.93. The summed E-state index contributed by atoms with van der Waals surface area (Å²) in [4.78, 5) is 40.0. The second-order valence-electron chi connectivity index (χ2n) is 8.63. The van der Waals surface area contributed by atoms with Crippen LogP contribution in [-0.4, -0.2) is 60.8 Å². The molecule has 0 aliphatic heterocycles. The van der Waals surface area contributed by atoms with Crippen molar-refractivity contribution < 1.29 is 14.4 Å². The molecule has 2 rings (SSSR count). The maximum atomic E-state index is 13.1. The maximum absolute atomic E-state index is 13.1. The molecule has 0 saturated carbocycles. The summed E-state index contributed by atoms with van der Waals surface area (Å²) in [5.74, 6) is -0.967. The Kier molecular flexibility index (Phi) is 12.3. The molecule has 0 aliphatic rings. The summed E-state index contributed by atoms with van der Waals surface area (Å²) in [5, 5.41) is 11.7. The number of rotatable bonds is 15. The molecule has 2 atom stereocenters. The van der Waals surface area contributed by atoms with E-state index in [9.17, 15) is 14.4 Å². The number of amides is 2.